The molecule has 7 heteroatoms. The zero-order chi connectivity index (χ0) is 18.0. The van der Waals surface area contributed by atoms with Gasteiger partial charge < -0.3 is 4.90 Å². The van der Waals surface area contributed by atoms with Crippen LogP contribution in [0.4, 0.5) is 0 Å². The van der Waals surface area contributed by atoms with E-state index < -0.39 is 0 Å². The second-order valence-corrected chi connectivity index (χ2v) is 7.82. The minimum Gasteiger partial charge on any atom is -0.337 e. The molecular weight excluding hydrogens is 334 g/mol. The number of tetrazole rings is 1. The predicted molar refractivity (Wildman–Crippen MR) is 99.0 cm³/mol. The lowest BCUT2D eigenvalue weighted by Crippen LogP contribution is -2.48. The van der Waals surface area contributed by atoms with Gasteiger partial charge in [0.15, 0.2) is 0 Å². The van der Waals surface area contributed by atoms with Crippen molar-refractivity contribution in [1.82, 2.24) is 25.1 Å². The number of benzene rings is 1. The molecular formula is C18H25N5OS. The van der Waals surface area contributed by atoms with Crippen molar-refractivity contribution >= 4 is 17.7 Å². The standard InChI is InChI=1S/C18H25N5OS/c1-12-8-9-16(13(2)10-12)23-18(19-20-21-23)25-11-17(24)22-14(3)6-5-7-15(22)4/h8-10,14-15H,5-7,11H2,1-4H3/t14-,15+. The lowest BCUT2D eigenvalue weighted by atomic mass is 9.98. The molecule has 0 aliphatic carbocycles. The molecule has 134 valence electrons. The van der Waals surface area contributed by atoms with Crippen molar-refractivity contribution in [3.05, 3.63) is 29.3 Å². The first-order valence-electron chi connectivity index (χ1n) is 8.77. The van der Waals surface area contributed by atoms with Crippen molar-refractivity contribution in [3.8, 4) is 5.69 Å². The summed E-state index contributed by atoms with van der Waals surface area (Å²) in [4.78, 5) is 14.7. The summed E-state index contributed by atoms with van der Waals surface area (Å²) < 4.78 is 1.72. The molecule has 2 atom stereocenters. The lowest BCUT2D eigenvalue weighted by molar-refractivity contribution is -0.134. The zero-order valence-electron chi connectivity index (χ0n) is 15.3. The molecule has 1 aliphatic rings. The number of likely N-dealkylation sites (tertiary alicyclic amines) is 1. The third-order valence-corrected chi connectivity index (χ3v) is 5.73. The number of nitrogens with zero attached hydrogens (tertiary/aromatic N) is 5. The van der Waals surface area contributed by atoms with Gasteiger partial charge in [-0.2, -0.15) is 4.68 Å². The molecule has 1 aliphatic heterocycles. The number of aryl methyl sites for hydroxylation is 2. The molecule has 1 amide bonds. The predicted octanol–water partition coefficient (Wildman–Crippen LogP) is 3.16. The van der Waals surface area contributed by atoms with Gasteiger partial charge >= 0.3 is 0 Å². The first-order valence-corrected chi connectivity index (χ1v) is 9.76. The van der Waals surface area contributed by atoms with Crippen LogP contribution in [-0.4, -0.2) is 48.9 Å². The number of aromatic nitrogens is 4. The highest BCUT2D eigenvalue weighted by Gasteiger charge is 2.29. The van der Waals surface area contributed by atoms with E-state index in [0.717, 1.165) is 24.1 Å². The molecule has 2 aromatic rings. The van der Waals surface area contributed by atoms with Crippen molar-refractivity contribution in [2.75, 3.05) is 5.75 Å². The van der Waals surface area contributed by atoms with E-state index in [2.05, 4.69) is 42.4 Å². The second kappa shape index (κ2) is 7.56. The van der Waals surface area contributed by atoms with E-state index in [0.29, 0.717) is 23.0 Å². The van der Waals surface area contributed by atoms with Gasteiger partial charge in [-0.25, -0.2) is 0 Å². The number of rotatable bonds is 4. The van der Waals surface area contributed by atoms with Crippen molar-refractivity contribution in [2.45, 2.75) is 64.2 Å². The highest BCUT2D eigenvalue weighted by atomic mass is 32.2. The Labute approximate surface area is 153 Å². The Morgan fingerprint density at radius 3 is 2.64 bits per heavy atom. The molecule has 25 heavy (non-hydrogen) atoms. The van der Waals surface area contributed by atoms with E-state index in [1.807, 2.05) is 24.0 Å². The third kappa shape index (κ3) is 3.86. The average molecular weight is 359 g/mol. The van der Waals surface area contributed by atoms with E-state index in [1.54, 1.807) is 4.68 Å². The molecule has 0 radical (unpaired) electrons. The number of carbonyl (C=O) groups is 1. The van der Waals surface area contributed by atoms with Gasteiger partial charge in [-0.15, -0.1) is 5.10 Å². The molecule has 1 aromatic heterocycles. The third-order valence-electron chi connectivity index (χ3n) is 4.83. The topological polar surface area (TPSA) is 63.9 Å². The molecule has 1 aromatic carbocycles. The van der Waals surface area contributed by atoms with E-state index in [4.69, 9.17) is 0 Å². The Bertz CT molecular complexity index is 750. The van der Waals surface area contributed by atoms with Crippen LogP contribution in [0.2, 0.25) is 0 Å². The van der Waals surface area contributed by atoms with Gasteiger partial charge in [-0.1, -0.05) is 29.5 Å². The summed E-state index contributed by atoms with van der Waals surface area (Å²) in [5.74, 6) is 0.528. The van der Waals surface area contributed by atoms with Crippen LogP contribution in [0.25, 0.3) is 5.69 Å². The zero-order valence-corrected chi connectivity index (χ0v) is 16.1. The number of carbonyl (C=O) groups excluding carboxylic acids is 1. The summed E-state index contributed by atoms with van der Waals surface area (Å²) in [5, 5.41) is 12.7. The molecule has 3 rings (SSSR count). The van der Waals surface area contributed by atoms with Gasteiger partial charge in [0.2, 0.25) is 11.1 Å². The van der Waals surface area contributed by atoms with Gasteiger partial charge in [0.25, 0.3) is 0 Å². The Hall–Kier alpha value is -1.89. The average Bonchev–Trinajstić information content (AvgIpc) is 3.01. The Morgan fingerprint density at radius 1 is 1.24 bits per heavy atom. The van der Waals surface area contributed by atoms with Crippen LogP contribution in [0.3, 0.4) is 0 Å². The van der Waals surface area contributed by atoms with Gasteiger partial charge in [-0.3, -0.25) is 4.79 Å². The summed E-state index contributed by atoms with van der Waals surface area (Å²) in [5.41, 5.74) is 3.26. The van der Waals surface area contributed by atoms with Gasteiger partial charge in [0.05, 0.1) is 11.4 Å². The highest BCUT2D eigenvalue weighted by Crippen LogP contribution is 2.26. The van der Waals surface area contributed by atoms with Crippen molar-refractivity contribution in [1.29, 1.82) is 0 Å². The molecule has 0 N–H and O–H groups in total. The highest BCUT2D eigenvalue weighted by molar-refractivity contribution is 7.99. The maximum absolute atomic E-state index is 12.7. The van der Waals surface area contributed by atoms with E-state index in [9.17, 15) is 4.79 Å². The molecule has 2 heterocycles. The number of amides is 1. The molecule has 0 bridgehead atoms. The first-order chi connectivity index (χ1) is 12.0. The summed E-state index contributed by atoms with van der Waals surface area (Å²) in [6.45, 7) is 8.38. The summed E-state index contributed by atoms with van der Waals surface area (Å²) in [6, 6.07) is 6.79. The van der Waals surface area contributed by atoms with Crippen LogP contribution in [0.15, 0.2) is 23.4 Å². The quantitative estimate of drug-likeness (QED) is 0.785. The Morgan fingerprint density at radius 2 is 1.96 bits per heavy atom. The smallest absolute Gasteiger partial charge is 0.233 e. The van der Waals surface area contributed by atoms with E-state index in [1.165, 1.54) is 23.7 Å². The van der Waals surface area contributed by atoms with Crippen LogP contribution in [0, 0.1) is 13.8 Å². The van der Waals surface area contributed by atoms with Crippen LogP contribution in [0.1, 0.15) is 44.2 Å². The largest absolute Gasteiger partial charge is 0.337 e. The van der Waals surface area contributed by atoms with Gasteiger partial charge in [-0.05, 0) is 69.0 Å². The Kier molecular flexibility index (Phi) is 5.42. The molecule has 0 unspecified atom stereocenters. The van der Waals surface area contributed by atoms with Gasteiger partial charge in [0.1, 0.15) is 0 Å². The van der Waals surface area contributed by atoms with E-state index in [-0.39, 0.29) is 5.91 Å². The second-order valence-electron chi connectivity index (χ2n) is 6.88. The summed E-state index contributed by atoms with van der Waals surface area (Å²) in [6.07, 6.45) is 3.37. The van der Waals surface area contributed by atoms with E-state index >= 15 is 0 Å². The number of piperidine rings is 1. The minimum absolute atomic E-state index is 0.167. The minimum atomic E-state index is 0.167. The fourth-order valence-corrected chi connectivity index (χ4v) is 4.33. The number of hydrogen-bond acceptors (Lipinski definition) is 5. The fraction of sp³-hybridized carbons (Fsp3) is 0.556. The van der Waals surface area contributed by atoms with Crippen LogP contribution in [0.5, 0.6) is 0 Å². The number of thioether (sulfide) groups is 1. The first kappa shape index (κ1) is 17.9. The van der Waals surface area contributed by atoms with Crippen LogP contribution >= 0.6 is 11.8 Å². The lowest BCUT2D eigenvalue weighted by Gasteiger charge is -2.39. The SMILES string of the molecule is Cc1ccc(-n2nnnc2SCC(=O)N2[C@H](C)CCC[C@@H]2C)c(C)c1. The van der Waals surface area contributed by atoms with Crippen LogP contribution in [-0.2, 0) is 4.79 Å². The molecule has 1 saturated heterocycles. The molecule has 6 nitrogen and oxygen atoms in total. The van der Waals surface area contributed by atoms with Crippen LogP contribution < -0.4 is 0 Å². The van der Waals surface area contributed by atoms with Crippen molar-refractivity contribution in [2.24, 2.45) is 0 Å². The van der Waals surface area contributed by atoms with Gasteiger partial charge in [0, 0.05) is 12.1 Å². The molecule has 0 saturated carbocycles. The van der Waals surface area contributed by atoms with Crippen molar-refractivity contribution < 1.29 is 4.79 Å². The monoisotopic (exact) mass is 359 g/mol. The fourth-order valence-electron chi connectivity index (χ4n) is 3.58. The molecule has 1 fully saturated rings. The number of hydrogen-bond donors (Lipinski definition) is 0. The normalized spacial score (nSPS) is 20.7. The summed E-state index contributed by atoms with van der Waals surface area (Å²) in [7, 11) is 0. The maximum atomic E-state index is 12.7. The summed E-state index contributed by atoms with van der Waals surface area (Å²) >= 11 is 1.40. The Balaban J connectivity index is 1.72. The maximum Gasteiger partial charge on any atom is 0.233 e. The molecule has 0 spiro atoms. The van der Waals surface area contributed by atoms with Crippen molar-refractivity contribution in [3.63, 3.8) is 0 Å².